The summed E-state index contributed by atoms with van der Waals surface area (Å²) >= 11 is 0. The third-order valence-corrected chi connectivity index (χ3v) is 2.19. The van der Waals surface area contributed by atoms with E-state index in [-0.39, 0.29) is 0 Å². The summed E-state index contributed by atoms with van der Waals surface area (Å²) in [5.74, 6) is 6.77. The number of rotatable bonds is 2. The Kier molecular flexibility index (Phi) is 3.59. The molecule has 0 saturated carbocycles. The molecule has 1 nitrogen and oxygen atoms in total. The van der Waals surface area contributed by atoms with Crippen LogP contribution in [0.25, 0.3) is 0 Å². The summed E-state index contributed by atoms with van der Waals surface area (Å²) in [7, 11) is 0. The summed E-state index contributed by atoms with van der Waals surface area (Å²) in [5.41, 5.74) is 2.16. The normalized spacial score (nSPS) is 11.6. The van der Waals surface area contributed by atoms with Gasteiger partial charge in [-0.15, -0.1) is 11.8 Å². The van der Waals surface area contributed by atoms with Crippen molar-refractivity contribution in [1.82, 2.24) is 0 Å². The minimum atomic E-state index is 0.364. The summed E-state index contributed by atoms with van der Waals surface area (Å²) in [6.45, 7) is 5.88. The Hall–Kier alpha value is -1.42. The molecule has 1 aromatic carbocycles. The molecule has 14 heavy (non-hydrogen) atoms. The van der Waals surface area contributed by atoms with Crippen molar-refractivity contribution in [3.05, 3.63) is 29.3 Å². The van der Waals surface area contributed by atoms with Gasteiger partial charge in [-0.2, -0.15) is 0 Å². The van der Waals surface area contributed by atoms with Crippen molar-refractivity contribution in [2.24, 2.45) is 5.92 Å². The molecule has 1 unspecified atom stereocenters. The molecule has 0 aliphatic rings. The average Bonchev–Trinajstić information content (AvgIpc) is 2.12. The highest BCUT2D eigenvalue weighted by molar-refractivity contribution is 5.35. The first kappa shape index (κ1) is 10.7. The van der Waals surface area contributed by atoms with Crippen molar-refractivity contribution in [3.8, 4) is 17.6 Å². The third-order valence-electron chi connectivity index (χ3n) is 2.19. The monoisotopic (exact) mass is 188 g/mol. The van der Waals surface area contributed by atoms with Gasteiger partial charge in [0.25, 0.3) is 0 Å². The van der Waals surface area contributed by atoms with Gasteiger partial charge in [0.1, 0.15) is 5.75 Å². The zero-order chi connectivity index (χ0) is 10.6. The maximum Gasteiger partial charge on any atom is 0.118 e. The van der Waals surface area contributed by atoms with Gasteiger partial charge in [0, 0.05) is 5.92 Å². The first-order valence-corrected chi connectivity index (χ1v) is 4.84. The topological polar surface area (TPSA) is 20.2 Å². The van der Waals surface area contributed by atoms with E-state index in [9.17, 15) is 5.11 Å². The lowest BCUT2D eigenvalue weighted by Crippen LogP contribution is -1.96. The van der Waals surface area contributed by atoms with E-state index in [0.717, 1.165) is 12.0 Å². The van der Waals surface area contributed by atoms with Crippen LogP contribution in [-0.2, 0) is 6.42 Å². The quantitative estimate of drug-likeness (QED) is 0.707. The smallest absolute Gasteiger partial charge is 0.118 e. The van der Waals surface area contributed by atoms with Gasteiger partial charge in [0.2, 0.25) is 0 Å². The molecule has 0 fully saturated rings. The Morgan fingerprint density at radius 2 is 2.14 bits per heavy atom. The van der Waals surface area contributed by atoms with Crippen molar-refractivity contribution in [3.63, 3.8) is 0 Å². The molecule has 1 N–H and O–H groups in total. The highest BCUT2D eigenvalue weighted by Gasteiger charge is 2.02. The number of hydrogen-bond donors (Lipinski definition) is 1. The first-order valence-electron chi connectivity index (χ1n) is 4.84. The minimum Gasteiger partial charge on any atom is -0.508 e. The Bertz CT molecular complexity index is 369. The van der Waals surface area contributed by atoms with E-state index < -0.39 is 0 Å². The van der Waals surface area contributed by atoms with Crippen molar-refractivity contribution in [2.45, 2.75) is 27.2 Å². The number of phenols is 1. The molecule has 0 radical (unpaired) electrons. The number of benzene rings is 1. The predicted octanol–water partition coefficient (Wildman–Crippen LogP) is 2.90. The standard InChI is InChI=1S/C13H16O/c1-4-5-10(2)8-12-6-7-13(14)11(3)9-12/h6-7,9-10,14H,8H2,1-3H3. The first-order chi connectivity index (χ1) is 6.63. The second-order valence-corrected chi connectivity index (χ2v) is 3.62. The van der Waals surface area contributed by atoms with Crippen LogP contribution in [0.2, 0.25) is 0 Å². The van der Waals surface area contributed by atoms with Crippen LogP contribution in [0.1, 0.15) is 25.0 Å². The summed E-state index contributed by atoms with van der Waals surface area (Å²) in [6, 6.07) is 5.72. The fraction of sp³-hybridized carbons (Fsp3) is 0.385. The number of aryl methyl sites for hydroxylation is 1. The molecule has 0 aliphatic carbocycles. The molecule has 0 saturated heterocycles. The summed E-state index contributed by atoms with van der Waals surface area (Å²) in [5, 5.41) is 9.35. The molecule has 1 aromatic rings. The highest BCUT2D eigenvalue weighted by atomic mass is 16.3. The molecule has 1 heteroatoms. The maximum atomic E-state index is 9.35. The Morgan fingerprint density at radius 1 is 1.43 bits per heavy atom. The number of hydrogen-bond acceptors (Lipinski definition) is 1. The van der Waals surface area contributed by atoms with Crippen LogP contribution in [0.5, 0.6) is 5.75 Å². The minimum absolute atomic E-state index is 0.364. The van der Waals surface area contributed by atoms with E-state index in [1.807, 2.05) is 26.0 Å². The maximum absolute atomic E-state index is 9.35. The SMILES string of the molecule is CC#CC(C)Cc1ccc(O)c(C)c1. The van der Waals surface area contributed by atoms with Crippen LogP contribution < -0.4 is 0 Å². The van der Waals surface area contributed by atoms with Crippen LogP contribution >= 0.6 is 0 Å². The van der Waals surface area contributed by atoms with E-state index in [1.165, 1.54) is 5.56 Å². The highest BCUT2D eigenvalue weighted by Crippen LogP contribution is 2.18. The van der Waals surface area contributed by atoms with E-state index in [1.54, 1.807) is 6.07 Å². The van der Waals surface area contributed by atoms with Crippen molar-refractivity contribution in [2.75, 3.05) is 0 Å². The van der Waals surface area contributed by atoms with Gasteiger partial charge in [-0.1, -0.05) is 19.1 Å². The second kappa shape index (κ2) is 4.72. The fourth-order valence-corrected chi connectivity index (χ4v) is 1.50. The van der Waals surface area contributed by atoms with Crippen LogP contribution in [0.15, 0.2) is 18.2 Å². The van der Waals surface area contributed by atoms with Gasteiger partial charge in [0.15, 0.2) is 0 Å². The zero-order valence-corrected chi connectivity index (χ0v) is 8.96. The van der Waals surface area contributed by atoms with Gasteiger partial charge in [-0.3, -0.25) is 0 Å². The lowest BCUT2D eigenvalue weighted by Gasteiger charge is -2.06. The van der Waals surface area contributed by atoms with Crippen molar-refractivity contribution >= 4 is 0 Å². The molecule has 0 aliphatic heterocycles. The lowest BCUT2D eigenvalue weighted by molar-refractivity contribution is 0.470. The summed E-state index contributed by atoms with van der Waals surface area (Å²) in [4.78, 5) is 0. The largest absolute Gasteiger partial charge is 0.508 e. The van der Waals surface area contributed by atoms with Crippen LogP contribution in [0.3, 0.4) is 0 Å². The molecular formula is C13H16O. The van der Waals surface area contributed by atoms with E-state index in [2.05, 4.69) is 18.8 Å². The van der Waals surface area contributed by atoms with Gasteiger partial charge in [-0.25, -0.2) is 0 Å². The Morgan fingerprint density at radius 3 is 2.71 bits per heavy atom. The zero-order valence-electron chi connectivity index (χ0n) is 8.96. The Labute approximate surface area is 85.8 Å². The second-order valence-electron chi connectivity index (χ2n) is 3.62. The molecule has 1 rings (SSSR count). The number of aromatic hydroxyl groups is 1. The van der Waals surface area contributed by atoms with E-state index in [0.29, 0.717) is 11.7 Å². The molecule has 0 spiro atoms. The summed E-state index contributed by atoms with van der Waals surface area (Å²) < 4.78 is 0. The van der Waals surface area contributed by atoms with Crippen molar-refractivity contribution < 1.29 is 5.11 Å². The molecular weight excluding hydrogens is 172 g/mol. The van der Waals surface area contributed by atoms with Crippen LogP contribution in [0, 0.1) is 24.7 Å². The average molecular weight is 188 g/mol. The van der Waals surface area contributed by atoms with Gasteiger partial charge in [0.05, 0.1) is 0 Å². The van der Waals surface area contributed by atoms with Gasteiger partial charge in [-0.05, 0) is 37.5 Å². The predicted molar refractivity (Wildman–Crippen MR) is 59.2 cm³/mol. The van der Waals surface area contributed by atoms with Crippen LogP contribution in [-0.4, -0.2) is 5.11 Å². The van der Waals surface area contributed by atoms with E-state index >= 15 is 0 Å². The van der Waals surface area contributed by atoms with Gasteiger partial charge >= 0.3 is 0 Å². The summed E-state index contributed by atoms with van der Waals surface area (Å²) in [6.07, 6.45) is 0.946. The fourth-order valence-electron chi connectivity index (χ4n) is 1.50. The van der Waals surface area contributed by atoms with E-state index in [4.69, 9.17) is 0 Å². The third kappa shape index (κ3) is 2.81. The molecule has 0 aromatic heterocycles. The molecule has 1 atom stereocenters. The lowest BCUT2D eigenvalue weighted by atomic mass is 10.00. The van der Waals surface area contributed by atoms with Gasteiger partial charge < -0.3 is 5.11 Å². The van der Waals surface area contributed by atoms with Crippen molar-refractivity contribution in [1.29, 1.82) is 0 Å². The molecule has 0 heterocycles. The molecule has 0 bridgehead atoms. The number of phenolic OH excluding ortho intramolecular Hbond substituents is 1. The molecule has 0 amide bonds. The van der Waals surface area contributed by atoms with Crippen LogP contribution in [0.4, 0.5) is 0 Å². The Balaban J connectivity index is 2.76. The molecule has 74 valence electrons.